The van der Waals surface area contributed by atoms with E-state index in [1.54, 1.807) is 59.7 Å². The van der Waals surface area contributed by atoms with Gasteiger partial charge in [0.15, 0.2) is 17.4 Å². The van der Waals surface area contributed by atoms with Crippen molar-refractivity contribution in [2.75, 3.05) is 0 Å². The summed E-state index contributed by atoms with van der Waals surface area (Å²) in [5.74, 6) is 1.50. The van der Waals surface area contributed by atoms with Gasteiger partial charge in [-0.2, -0.15) is 0 Å². The number of hydrogen-bond donors (Lipinski definition) is 0. The van der Waals surface area contributed by atoms with Crippen LogP contribution < -0.4 is 0 Å². The van der Waals surface area contributed by atoms with E-state index in [0.717, 1.165) is 0 Å². The van der Waals surface area contributed by atoms with Crippen molar-refractivity contribution in [3.63, 3.8) is 0 Å². The molecular formula is C17H12FN5O. The molecule has 0 radical (unpaired) electrons. The fraction of sp³-hybridized carbons (Fsp3) is 0.0588. The molecule has 0 bridgehead atoms. The number of furan rings is 1. The molecule has 0 spiro atoms. The number of aromatic nitrogens is 5. The highest BCUT2D eigenvalue weighted by atomic mass is 19.1. The monoisotopic (exact) mass is 321 g/mol. The summed E-state index contributed by atoms with van der Waals surface area (Å²) in [6.07, 6.45) is 4.79. The van der Waals surface area contributed by atoms with Gasteiger partial charge in [-0.25, -0.2) is 24.0 Å². The van der Waals surface area contributed by atoms with E-state index in [9.17, 15) is 4.39 Å². The van der Waals surface area contributed by atoms with Gasteiger partial charge in [-0.1, -0.05) is 18.2 Å². The van der Waals surface area contributed by atoms with E-state index in [0.29, 0.717) is 28.8 Å². The third-order valence-corrected chi connectivity index (χ3v) is 3.46. The van der Waals surface area contributed by atoms with E-state index in [-0.39, 0.29) is 12.4 Å². The minimum Gasteiger partial charge on any atom is -0.461 e. The van der Waals surface area contributed by atoms with E-state index in [2.05, 4.69) is 20.1 Å². The summed E-state index contributed by atoms with van der Waals surface area (Å²) in [4.78, 5) is 12.8. The van der Waals surface area contributed by atoms with E-state index in [1.165, 1.54) is 6.07 Å². The molecule has 0 saturated heterocycles. The minimum atomic E-state index is -0.295. The fourth-order valence-corrected chi connectivity index (χ4v) is 2.34. The van der Waals surface area contributed by atoms with E-state index < -0.39 is 0 Å². The molecule has 3 heterocycles. The predicted molar refractivity (Wildman–Crippen MR) is 84.3 cm³/mol. The maximum atomic E-state index is 14.0. The van der Waals surface area contributed by atoms with Gasteiger partial charge in [-0.3, -0.25) is 0 Å². The predicted octanol–water partition coefficient (Wildman–Crippen LogP) is 3.18. The molecule has 7 heteroatoms. The summed E-state index contributed by atoms with van der Waals surface area (Å²) in [5.41, 5.74) is 0.510. The lowest BCUT2D eigenvalue weighted by molar-refractivity contribution is 0.557. The van der Waals surface area contributed by atoms with Crippen LogP contribution in [0, 0.1) is 5.82 Å². The Morgan fingerprint density at radius 3 is 2.54 bits per heavy atom. The first-order valence-corrected chi connectivity index (χ1v) is 7.31. The summed E-state index contributed by atoms with van der Waals surface area (Å²) < 4.78 is 21.0. The maximum absolute atomic E-state index is 14.0. The summed E-state index contributed by atoms with van der Waals surface area (Å²) in [5, 5.41) is 4.43. The van der Waals surface area contributed by atoms with Gasteiger partial charge in [0, 0.05) is 18.0 Å². The molecule has 0 aliphatic rings. The molecule has 0 aliphatic heterocycles. The molecule has 0 unspecified atom stereocenters. The molecule has 1 aromatic carbocycles. The van der Waals surface area contributed by atoms with Crippen molar-refractivity contribution in [2.45, 2.75) is 6.54 Å². The van der Waals surface area contributed by atoms with Crippen LogP contribution in [0.3, 0.4) is 0 Å². The average Bonchev–Trinajstić information content (AvgIpc) is 3.27. The Morgan fingerprint density at radius 2 is 1.79 bits per heavy atom. The summed E-state index contributed by atoms with van der Waals surface area (Å²) in [6, 6.07) is 11.8. The van der Waals surface area contributed by atoms with Crippen molar-refractivity contribution in [3.05, 3.63) is 72.5 Å². The number of nitrogens with zero attached hydrogens (tertiary/aromatic N) is 5. The van der Waals surface area contributed by atoms with Crippen molar-refractivity contribution >= 4 is 0 Å². The van der Waals surface area contributed by atoms with Crippen LogP contribution in [0.2, 0.25) is 0 Å². The normalized spacial score (nSPS) is 10.9. The average molecular weight is 321 g/mol. The Labute approximate surface area is 136 Å². The molecular weight excluding hydrogens is 309 g/mol. The largest absolute Gasteiger partial charge is 0.461 e. The number of hydrogen-bond acceptors (Lipinski definition) is 5. The lowest BCUT2D eigenvalue weighted by atomic mass is 10.2. The molecule has 0 atom stereocenters. The second-order valence-electron chi connectivity index (χ2n) is 5.06. The Bertz CT molecular complexity index is 950. The Morgan fingerprint density at radius 1 is 0.958 bits per heavy atom. The highest BCUT2D eigenvalue weighted by Crippen LogP contribution is 2.22. The topological polar surface area (TPSA) is 69.6 Å². The van der Waals surface area contributed by atoms with E-state index in [4.69, 9.17) is 4.42 Å². The summed E-state index contributed by atoms with van der Waals surface area (Å²) >= 11 is 0. The molecule has 0 N–H and O–H groups in total. The van der Waals surface area contributed by atoms with Gasteiger partial charge >= 0.3 is 0 Å². The van der Waals surface area contributed by atoms with Crippen molar-refractivity contribution < 1.29 is 8.81 Å². The van der Waals surface area contributed by atoms with Gasteiger partial charge in [0.25, 0.3) is 0 Å². The van der Waals surface area contributed by atoms with Gasteiger partial charge in [0.05, 0.1) is 12.8 Å². The Hall–Kier alpha value is -3.35. The van der Waals surface area contributed by atoms with Crippen LogP contribution in [0.5, 0.6) is 0 Å². The first-order valence-electron chi connectivity index (χ1n) is 7.31. The van der Waals surface area contributed by atoms with Gasteiger partial charge in [-0.05, 0) is 24.3 Å². The molecule has 6 nitrogen and oxygen atoms in total. The van der Waals surface area contributed by atoms with Crippen LogP contribution in [0.1, 0.15) is 5.56 Å². The molecule has 3 aromatic heterocycles. The second kappa shape index (κ2) is 6.04. The smallest absolute Gasteiger partial charge is 0.219 e. The van der Waals surface area contributed by atoms with E-state index in [1.807, 2.05) is 0 Å². The second-order valence-corrected chi connectivity index (χ2v) is 5.06. The Balaban J connectivity index is 1.80. The fourth-order valence-electron chi connectivity index (χ4n) is 2.34. The zero-order chi connectivity index (χ0) is 16.4. The van der Waals surface area contributed by atoms with Crippen LogP contribution >= 0.6 is 0 Å². The van der Waals surface area contributed by atoms with Gasteiger partial charge in [0.2, 0.25) is 5.82 Å². The maximum Gasteiger partial charge on any atom is 0.219 e. The van der Waals surface area contributed by atoms with E-state index >= 15 is 0 Å². The minimum absolute atomic E-state index is 0.225. The zero-order valence-corrected chi connectivity index (χ0v) is 12.5. The molecule has 0 aliphatic carbocycles. The standard InChI is InChI=1S/C17H12FN5O/c18-13-6-2-1-5-12(13)11-23-17(14-7-3-10-24-14)21-16(22-23)15-19-8-4-9-20-15/h1-10H,11H2. The Kier molecular flexibility index (Phi) is 3.59. The third kappa shape index (κ3) is 2.67. The van der Waals surface area contributed by atoms with Gasteiger partial charge < -0.3 is 4.42 Å². The van der Waals surface area contributed by atoms with Crippen molar-refractivity contribution in [1.82, 2.24) is 24.7 Å². The van der Waals surface area contributed by atoms with Gasteiger partial charge in [0.1, 0.15) is 5.82 Å². The molecule has 0 fully saturated rings. The SMILES string of the molecule is Fc1ccccc1Cn1nc(-c2ncccn2)nc1-c1ccco1. The highest BCUT2D eigenvalue weighted by molar-refractivity contribution is 5.53. The number of benzene rings is 1. The molecule has 118 valence electrons. The molecule has 0 saturated carbocycles. The number of halogens is 1. The number of rotatable bonds is 4. The summed E-state index contributed by atoms with van der Waals surface area (Å²) in [7, 11) is 0. The van der Waals surface area contributed by atoms with Crippen molar-refractivity contribution in [1.29, 1.82) is 0 Å². The summed E-state index contributed by atoms with van der Waals surface area (Å²) in [6.45, 7) is 0.225. The molecule has 0 amide bonds. The van der Waals surface area contributed by atoms with Crippen LogP contribution in [0.4, 0.5) is 4.39 Å². The molecule has 4 aromatic rings. The van der Waals surface area contributed by atoms with Crippen molar-refractivity contribution in [3.8, 4) is 23.2 Å². The van der Waals surface area contributed by atoms with Crippen LogP contribution in [0.15, 0.2) is 65.5 Å². The van der Waals surface area contributed by atoms with Gasteiger partial charge in [-0.15, -0.1) is 5.10 Å². The zero-order valence-electron chi connectivity index (χ0n) is 12.5. The quantitative estimate of drug-likeness (QED) is 0.577. The lowest BCUT2D eigenvalue weighted by Gasteiger charge is -2.05. The van der Waals surface area contributed by atoms with Crippen LogP contribution in [-0.4, -0.2) is 24.7 Å². The van der Waals surface area contributed by atoms with Crippen molar-refractivity contribution in [2.24, 2.45) is 0 Å². The van der Waals surface area contributed by atoms with Crippen LogP contribution in [-0.2, 0) is 6.54 Å². The third-order valence-electron chi connectivity index (χ3n) is 3.46. The first kappa shape index (κ1) is 14.3. The molecule has 4 rings (SSSR count). The van der Waals surface area contributed by atoms with Crippen LogP contribution in [0.25, 0.3) is 23.2 Å². The highest BCUT2D eigenvalue weighted by Gasteiger charge is 2.18. The first-order chi connectivity index (χ1) is 11.8. The molecule has 24 heavy (non-hydrogen) atoms. The lowest BCUT2D eigenvalue weighted by Crippen LogP contribution is -2.05.